The van der Waals surface area contributed by atoms with Crippen molar-refractivity contribution in [2.75, 3.05) is 24.9 Å². The average molecular weight is 324 g/mol. The van der Waals surface area contributed by atoms with Gasteiger partial charge in [-0.05, 0) is 45.9 Å². The van der Waals surface area contributed by atoms with Gasteiger partial charge in [0.05, 0.1) is 19.9 Å². The molecule has 128 valence electrons. The first-order valence-corrected chi connectivity index (χ1v) is 7.18. The maximum absolute atomic E-state index is 11.9. The van der Waals surface area contributed by atoms with Crippen LogP contribution < -0.4 is 15.4 Å². The van der Waals surface area contributed by atoms with Crippen LogP contribution in [0.4, 0.5) is 16.2 Å². The molecule has 1 aromatic carbocycles. The number of hydrogen-bond acceptors (Lipinski definition) is 6. The molecule has 2 N–H and O–H groups in total. The number of ether oxygens (including phenoxy) is 3. The third kappa shape index (κ3) is 6.06. The molecule has 0 fully saturated rings. The summed E-state index contributed by atoms with van der Waals surface area (Å²) in [6, 6.07) is 4.54. The molecule has 1 amide bonds. The number of carbonyl (C=O) groups is 2. The topological polar surface area (TPSA) is 85.9 Å². The smallest absolute Gasteiger partial charge is 0.412 e. The second kappa shape index (κ2) is 7.71. The lowest BCUT2D eigenvalue weighted by atomic mass is 10.2. The zero-order valence-corrected chi connectivity index (χ0v) is 14.4. The number of methoxy groups -OCH3 is 2. The highest BCUT2D eigenvalue weighted by molar-refractivity contribution is 5.88. The number of benzene rings is 1. The minimum Gasteiger partial charge on any atom is -0.495 e. The molecule has 7 heteroatoms. The molecular weight excluding hydrogens is 300 g/mol. The van der Waals surface area contributed by atoms with E-state index in [1.807, 2.05) is 0 Å². The van der Waals surface area contributed by atoms with Crippen LogP contribution in [0.25, 0.3) is 0 Å². The first-order valence-electron chi connectivity index (χ1n) is 7.18. The van der Waals surface area contributed by atoms with Gasteiger partial charge in [0.1, 0.15) is 17.4 Å². The van der Waals surface area contributed by atoms with Crippen LogP contribution >= 0.6 is 0 Å². The monoisotopic (exact) mass is 324 g/mol. The molecule has 0 heterocycles. The normalized spacial score (nSPS) is 12.1. The van der Waals surface area contributed by atoms with Crippen LogP contribution in [0.1, 0.15) is 27.7 Å². The van der Waals surface area contributed by atoms with E-state index in [2.05, 4.69) is 15.4 Å². The quantitative estimate of drug-likeness (QED) is 0.810. The summed E-state index contributed by atoms with van der Waals surface area (Å²) in [6.07, 6.45) is -0.589. The molecule has 0 spiro atoms. The summed E-state index contributed by atoms with van der Waals surface area (Å²) in [6.45, 7) is 7.01. The maximum Gasteiger partial charge on any atom is 0.412 e. The molecule has 0 aliphatic carbocycles. The van der Waals surface area contributed by atoms with Crippen molar-refractivity contribution >= 4 is 23.4 Å². The fourth-order valence-corrected chi connectivity index (χ4v) is 1.79. The molecule has 1 unspecified atom stereocenters. The van der Waals surface area contributed by atoms with Crippen LogP contribution in [0.3, 0.4) is 0 Å². The zero-order chi connectivity index (χ0) is 17.6. The summed E-state index contributed by atoms with van der Waals surface area (Å²) < 4.78 is 15.1. The Bertz CT molecular complexity index is 566. The molecule has 0 aromatic heterocycles. The van der Waals surface area contributed by atoms with Gasteiger partial charge in [0.15, 0.2) is 0 Å². The first-order chi connectivity index (χ1) is 10.7. The van der Waals surface area contributed by atoms with Gasteiger partial charge in [-0.1, -0.05) is 0 Å². The highest BCUT2D eigenvalue weighted by atomic mass is 16.6. The molecule has 1 aromatic rings. The molecule has 0 saturated carbocycles. The molecule has 1 rings (SSSR count). The second-order valence-corrected chi connectivity index (χ2v) is 5.93. The Labute approximate surface area is 136 Å². The standard InChI is InChI=1S/C16H24N2O5/c1-10(14(19)22-6)17-11-7-8-13(21-5)12(9-11)18-15(20)23-16(2,3)4/h7-10,17H,1-6H3,(H,18,20). The Morgan fingerprint density at radius 3 is 2.35 bits per heavy atom. The van der Waals surface area contributed by atoms with Crippen molar-refractivity contribution in [2.45, 2.75) is 39.3 Å². The van der Waals surface area contributed by atoms with Gasteiger partial charge >= 0.3 is 12.1 Å². The number of carbonyl (C=O) groups excluding carboxylic acids is 2. The van der Waals surface area contributed by atoms with Crippen LogP contribution in [0, 0.1) is 0 Å². The Balaban J connectivity index is 2.91. The molecular formula is C16H24N2O5. The zero-order valence-electron chi connectivity index (χ0n) is 14.4. The van der Waals surface area contributed by atoms with Gasteiger partial charge < -0.3 is 19.5 Å². The molecule has 0 radical (unpaired) electrons. The number of nitrogens with one attached hydrogen (secondary N) is 2. The molecule has 0 saturated heterocycles. The van der Waals surface area contributed by atoms with Crippen LogP contribution in [0.15, 0.2) is 18.2 Å². The predicted molar refractivity (Wildman–Crippen MR) is 88.0 cm³/mol. The summed E-state index contributed by atoms with van der Waals surface area (Å²) in [5.41, 5.74) is 0.464. The van der Waals surface area contributed by atoms with Crippen molar-refractivity contribution in [1.29, 1.82) is 0 Å². The first kappa shape index (κ1) is 18.6. The number of amides is 1. The Kier molecular flexibility index (Phi) is 6.24. The third-order valence-electron chi connectivity index (χ3n) is 2.77. The minimum absolute atomic E-state index is 0.387. The molecule has 7 nitrogen and oxygen atoms in total. The second-order valence-electron chi connectivity index (χ2n) is 5.93. The minimum atomic E-state index is -0.605. The Morgan fingerprint density at radius 2 is 1.83 bits per heavy atom. The molecule has 0 bridgehead atoms. The Morgan fingerprint density at radius 1 is 1.17 bits per heavy atom. The number of anilines is 2. The van der Waals surface area contributed by atoms with Gasteiger partial charge in [-0.25, -0.2) is 9.59 Å². The van der Waals surface area contributed by atoms with E-state index in [-0.39, 0.29) is 5.97 Å². The Hall–Kier alpha value is -2.44. The third-order valence-corrected chi connectivity index (χ3v) is 2.77. The molecule has 0 aliphatic heterocycles. The lowest BCUT2D eigenvalue weighted by molar-refractivity contribution is -0.141. The fourth-order valence-electron chi connectivity index (χ4n) is 1.79. The van der Waals surface area contributed by atoms with Crippen LogP contribution in [-0.2, 0) is 14.3 Å². The van der Waals surface area contributed by atoms with Gasteiger partial charge in [-0.15, -0.1) is 0 Å². The van der Waals surface area contributed by atoms with Crippen molar-refractivity contribution in [3.05, 3.63) is 18.2 Å². The van der Waals surface area contributed by atoms with Crippen LogP contribution in [0.2, 0.25) is 0 Å². The van der Waals surface area contributed by atoms with Crippen molar-refractivity contribution < 1.29 is 23.8 Å². The largest absolute Gasteiger partial charge is 0.495 e. The highest BCUT2D eigenvalue weighted by Crippen LogP contribution is 2.28. The van der Waals surface area contributed by atoms with E-state index in [1.54, 1.807) is 45.9 Å². The van der Waals surface area contributed by atoms with Crippen LogP contribution in [-0.4, -0.2) is 37.9 Å². The van der Waals surface area contributed by atoms with Gasteiger partial charge in [0, 0.05) is 5.69 Å². The van der Waals surface area contributed by atoms with E-state index < -0.39 is 17.7 Å². The van der Waals surface area contributed by atoms with Crippen molar-refractivity contribution in [1.82, 2.24) is 0 Å². The number of esters is 1. The van der Waals surface area contributed by atoms with Gasteiger partial charge in [0.2, 0.25) is 0 Å². The summed E-state index contributed by atoms with van der Waals surface area (Å²) in [5.74, 6) is 0.0922. The molecule has 23 heavy (non-hydrogen) atoms. The van der Waals surface area contributed by atoms with E-state index in [9.17, 15) is 9.59 Å². The molecule has 1 atom stereocenters. The summed E-state index contributed by atoms with van der Waals surface area (Å²) in [5, 5.41) is 5.62. The van der Waals surface area contributed by atoms with E-state index in [0.717, 1.165) is 0 Å². The van der Waals surface area contributed by atoms with E-state index >= 15 is 0 Å². The highest BCUT2D eigenvalue weighted by Gasteiger charge is 2.18. The van der Waals surface area contributed by atoms with Gasteiger partial charge in [-0.3, -0.25) is 5.32 Å². The van der Waals surface area contributed by atoms with E-state index in [1.165, 1.54) is 14.2 Å². The molecule has 0 aliphatic rings. The van der Waals surface area contributed by atoms with Gasteiger partial charge in [0.25, 0.3) is 0 Å². The average Bonchev–Trinajstić information content (AvgIpc) is 2.44. The van der Waals surface area contributed by atoms with Crippen LogP contribution in [0.5, 0.6) is 5.75 Å². The maximum atomic E-state index is 11.9. The van der Waals surface area contributed by atoms with E-state index in [4.69, 9.17) is 9.47 Å². The summed E-state index contributed by atoms with van der Waals surface area (Å²) in [7, 11) is 2.82. The lowest BCUT2D eigenvalue weighted by Crippen LogP contribution is -2.28. The lowest BCUT2D eigenvalue weighted by Gasteiger charge is -2.21. The summed E-state index contributed by atoms with van der Waals surface area (Å²) in [4.78, 5) is 23.4. The summed E-state index contributed by atoms with van der Waals surface area (Å²) >= 11 is 0. The van der Waals surface area contributed by atoms with Gasteiger partial charge in [-0.2, -0.15) is 0 Å². The number of rotatable bonds is 5. The predicted octanol–water partition coefficient (Wildman–Crippen LogP) is 3.02. The van der Waals surface area contributed by atoms with Crippen molar-refractivity contribution in [3.8, 4) is 5.75 Å². The fraction of sp³-hybridized carbons (Fsp3) is 0.500. The van der Waals surface area contributed by atoms with Crippen molar-refractivity contribution in [3.63, 3.8) is 0 Å². The van der Waals surface area contributed by atoms with E-state index in [0.29, 0.717) is 17.1 Å². The number of hydrogen-bond donors (Lipinski definition) is 2. The SMILES string of the molecule is COC(=O)C(C)Nc1ccc(OC)c(NC(=O)OC(C)(C)C)c1. The van der Waals surface area contributed by atoms with Crippen molar-refractivity contribution in [2.24, 2.45) is 0 Å².